The van der Waals surface area contributed by atoms with Crippen molar-refractivity contribution in [3.8, 4) is 5.88 Å². The summed E-state index contributed by atoms with van der Waals surface area (Å²) in [6, 6.07) is 19.0. The fourth-order valence-electron chi connectivity index (χ4n) is 2.58. The molecular weight excluding hydrogens is 330 g/mol. The van der Waals surface area contributed by atoms with Crippen molar-refractivity contribution < 1.29 is 14.4 Å². The van der Waals surface area contributed by atoms with Crippen molar-refractivity contribution in [3.05, 3.63) is 71.8 Å². The van der Waals surface area contributed by atoms with E-state index in [4.69, 9.17) is 9.57 Å². The molecule has 0 saturated carbocycles. The number of amides is 1. The van der Waals surface area contributed by atoms with Crippen molar-refractivity contribution in [2.24, 2.45) is 5.16 Å². The maximum absolute atomic E-state index is 12.1. The van der Waals surface area contributed by atoms with Crippen LogP contribution >= 0.6 is 0 Å². The molecule has 0 atom stereocenters. The molecule has 1 amide bonds. The Bertz CT molecular complexity index is 954. The molecule has 0 aliphatic rings. The van der Waals surface area contributed by atoms with Gasteiger partial charge in [0.2, 0.25) is 5.88 Å². The molecule has 0 radical (unpaired) electrons. The van der Waals surface area contributed by atoms with Crippen molar-refractivity contribution in [1.82, 2.24) is 10.3 Å². The minimum absolute atomic E-state index is 0.195. The molecule has 3 aromatic rings. The van der Waals surface area contributed by atoms with Gasteiger partial charge in [0.15, 0.2) is 5.71 Å². The van der Waals surface area contributed by atoms with Crippen LogP contribution in [0.5, 0.6) is 5.88 Å². The third-order valence-corrected chi connectivity index (χ3v) is 3.85. The molecule has 1 heterocycles. The molecule has 0 bridgehead atoms. The Morgan fingerprint density at radius 2 is 1.85 bits per heavy atom. The van der Waals surface area contributed by atoms with Crippen molar-refractivity contribution in [2.45, 2.75) is 6.61 Å². The zero-order valence-electron chi connectivity index (χ0n) is 14.6. The van der Waals surface area contributed by atoms with Crippen molar-refractivity contribution in [2.75, 3.05) is 14.2 Å². The summed E-state index contributed by atoms with van der Waals surface area (Å²) in [5.41, 5.74) is 2.52. The lowest BCUT2D eigenvalue weighted by Gasteiger charge is -2.12. The van der Waals surface area contributed by atoms with Crippen LogP contribution in [0.3, 0.4) is 0 Å². The highest BCUT2D eigenvalue weighted by atomic mass is 16.6. The predicted octanol–water partition coefficient (Wildman–Crippen LogP) is 2.91. The molecule has 1 aromatic heterocycles. The molecular formula is C20H19N3O3. The number of ether oxygens (including phenoxy) is 1. The number of aromatic nitrogens is 1. The quantitative estimate of drug-likeness (QED) is 0.549. The Labute approximate surface area is 151 Å². The van der Waals surface area contributed by atoms with Crippen LogP contribution in [0.25, 0.3) is 10.9 Å². The second-order valence-electron chi connectivity index (χ2n) is 5.49. The van der Waals surface area contributed by atoms with Gasteiger partial charge < -0.3 is 14.9 Å². The predicted molar refractivity (Wildman–Crippen MR) is 100 cm³/mol. The number of benzene rings is 2. The molecule has 1 N–H and O–H groups in total. The summed E-state index contributed by atoms with van der Waals surface area (Å²) in [4.78, 5) is 21.4. The summed E-state index contributed by atoms with van der Waals surface area (Å²) < 4.78 is 5.84. The van der Waals surface area contributed by atoms with Gasteiger partial charge in [0.25, 0.3) is 5.91 Å². The Hall–Kier alpha value is -3.41. The number of hydrogen-bond donors (Lipinski definition) is 1. The molecule has 0 saturated heterocycles. The van der Waals surface area contributed by atoms with E-state index in [1.54, 1.807) is 13.1 Å². The molecule has 0 spiro atoms. The summed E-state index contributed by atoms with van der Waals surface area (Å²) >= 11 is 0. The molecule has 0 unspecified atom stereocenters. The molecule has 0 fully saturated rings. The van der Waals surface area contributed by atoms with Gasteiger partial charge in [-0.1, -0.05) is 47.6 Å². The number of oxime groups is 1. The minimum atomic E-state index is -0.330. The second-order valence-corrected chi connectivity index (χ2v) is 5.49. The smallest absolute Gasteiger partial charge is 0.273 e. The number of nitrogens with zero attached hydrogens (tertiary/aromatic N) is 2. The van der Waals surface area contributed by atoms with Gasteiger partial charge in [-0.15, -0.1) is 0 Å². The number of pyridine rings is 1. The van der Waals surface area contributed by atoms with Crippen LogP contribution in [0, 0.1) is 0 Å². The van der Waals surface area contributed by atoms with E-state index in [1.165, 1.54) is 7.11 Å². The Morgan fingerprint density at radius 1 is 1.08 bits per heavy atom. The number of fused-ring (bicyclic) bond motifs is 1. The van der Waals surface area contributed by atoms with E-state index in [1.807, 2.05) is 54.6 Å². The zero-order valence-corrected chi connectivity index (χ0v) is 14.6. The van der Waals surface area contributed by atoms with Crippen LogP contribution < -0.4 is 10.1 Å². The van der Waals surface area contributed by atoms with E-state index in [2.05, 4.69) is 15.5 Å². The van der Waals surface area contributed by atoms with Crippen molar-refractivity contribution >= 4 is 22.5 Å². The van der Waals surface area contributed by atoms with Crippen LogP contribution in [0.15, 0.2) is 65.8 Å². The Morgan fingerprint density at radius 3 is 2.65 bits per heavy atom. The van der Waals surface area contributed by atoms with Crippen LogP contribution in [-0.4, -0.2) is 30.8 Å². The largest absolute Gasteiger partial charge is 0.473 e. The van der Waals surface area contributed by atoms with E-state index in [9.17, 15) is 4.79 Å². The van der Waals surface area contributed by atoms with E-state index in [-0.39, 0.29) is 18.2 Å². The first-order valence-corrected chi connectivity index (χ1v) is 8.13. The number of nitrogens with one attached hydrogen (secondary N) is 1. The highest BCUT2D eigenvalue weighted by Gasteiger charge is 2.17. The summed E-state index contributed by atoms with van der Waals surface area (Å²) in [6.45, 7) is 0.251. The lowest BCUT2D eigenvalue weighted by molar-refractivity contribution is -0.114. The molecule has 2 aromatic carbocycles. The third-order valence-electron chi connectivity index (χ3n) is 3.85. The van der Waals surface area contributed by atoms with Crippen molar-refractivity contribution in [3.63, 3.8) is 0 Å². The van der Waals surface area contributed by atoms with E-state index < -0.39 is 0 Å². The van der Waals surface area contributed by atoms with E-state index >= 15 is 0 Å². The molecule has 0 aliphatic heterocycles. The van der Waals surface area contributed by atoms with Gasteiger partial charge in [0.1, 0.15) is 13.7 Å². The summed E-state index contributed by atoms with van der Waals surface area (Å²) in [7, 11) is 2.95. The monoisotopic (exact) mass is 349 g/mol. The Balaban J connectivity index is 1.85. The van der Waals surface area contributed by atoms with Gasteiger partial charge in [0, 0.05) is 24.1 Å². The second kappa shape index (κ2) is 8.11. The highest BCUT2D eigenvalue weighted by molar-refractivity contribution is 6.45. The average molecular weight is 349 g/mol. The lowest BCUT2D eigenvalue weighted by Crippen LogP contribution is -2.29. The first-order chi connectivity index (χ1) is 12.7. The van der Waals surface area contributed by atoms with Gasteiger partial charge in [-0.3, -0.25) is 4.79 Å². The number of carbonyl (C=O) groups excluding carboxylic acids is 1. The molecule has 0 aliphatic carbocycles. The number of hydrogen-bond acceptors (Lipinski definition) is 5. The zero-order chi connectivity index (χ0) is 18.4. The Kier molecular flexibility index (Phi) is 5.43. The van der Waals surface area contributed by atoms with E-state index in [0.29, 0.717) is 11.4 Å². The highest BCUT2D eigenvalue weighted by Crippen LogP contribution is 2.18. The third kappa shape index (κ3) is 3.80. The normalized spacial score (nSPS) is 11.2. The van der Waals surface area contributed by atoms with Gasteiger partial charge in [0.05, 0.1) is 5.52 Å². The molecule has 6 nitrogen and oxygen atoms in total. The first-order valence-electron chi connectivity index (χ1n) is 8.13. The van der Waals surface area contributed by atoms with Gasteiger partial charge in [-0.05, 0) is 17.7 Å². The minimum Gasteiger partial charge on any atom is -0.473 e. The van der Waals surface area contributed by atoms with Gasteiger partial charge in [-0.25, -0.2) is 4.98 Å². The topological polar surface area (TPSA) is 72.8 Å². The summed E-state index contributed by atoms with van der Waals surface area (Å²) in [5, 5.41) is 7.47. The summed E-state index contributed by atoms with van der Waals surface area (Å²) in [5.74, 6) is 0.187. The molecule has 6 heteroatoms. The SMILES string of the molecule is CNC(=O)/C(=N\OC)c1ccccc1COc1ccc2ccccc2n1. The number of para-hydroxylation sites is 1. The fourth-order valence-corrected chi connectivity index (χ4v) is 2.58. The van der Waals surface area contributed by atoms with Crippen LogP contribution in [0.2, 0.25) is 0 Å². The van der Waals surface area contributed by atoms with Crippen molar-refractivity contribution in [1.29, 1.82) is 0 Å². The van der Waals surface area contributed by atoms with Gasteiger partial charge in [-0.2, -0.15) is 0 Å². The molecule has 3 rings (SSSR count). The maximum atomic E-state index is 12.1. The first kappa shape index (κ1) is 17.4. The summed E-state index contributed by atoms with van der Waals surface area (Å²) in [6.07, 6.45) is 0. The molecule has 26 heavy (non-hydrogen) atoms. The van der Waals surface area contributed by atoms with E-state index in [0.717, 1.165) is 16.5 Å². The average Bonchev–Trinajstić information content (AvgIpc) is 2.70. The standard InChI is InChI=1S/C20H19N3O3/c1-21-20(24)19(23-25-2)16-9-5-3-8-15(16)13-26-18-12-11-14-7-4-6-10-17(14)22-18/h3-12H,13H2,1-2H3,(H,21,24)/b23-19-. The van der Waals surface area contributed by atoms with Gasteiger partial charge >= 0.3 is 0 Å². The number of rotatable bonds is 6. The van der Waals surface area contributed by atoms with Crippen LogP contribution in [0.4, 0.5) is 0 Å². The maximum Gasteiger partial charge on any atom is 0.273 e. The fraction of sp³-hybridized carbons (Fsp3) is 0.150. The van der Waals surface area contributed by atoms with Crippen LogP contribution in [0.1, 0.15) is 11.1 Å². The number of likely N-dealkylation sites (N-methyl/N-ethyl adjacent to an activating group) is 1. The lowest BCUT2D eigenvalue weighted by atomic mass is 10.0. The number of carbonyl (C=O) groups is 1. The van der Waals surface area contributed by atoms with Crippen LogP contribution in [-0.2, 0) is 16.2 Å². The molecule has 132 valence electrons.